The number of nitrogens with zero attached hydrogens (tertiary/aromatic N) is 1. The topological polar surface area (TPSA) is 45.1 Å². The number of nitrogens with one attached hydrogen (secondary N) is 1. The molecule has 2 N–H and O–H groups in total. The average molecular weight is 230 g/mol. The number of benzene rings is 1. The molecule has 0 bridgehead atoms. The second-order valence-corrected chi connectivity index (χ2v) is 4.89. The minimum absolute atomic E-state index is 0.112. The van der Waals surface area contributed by atoms with Crippen LogP contribution in [0.25, 0.3) is 10.9 Å². The van der Waals surface area contributed by atoms with Crippen molar-refractivity contribution in [2.24, 2.45) is 0 Å². The maximum absolute atomic E-state index is 9.16. The summed E-state index contributed by atoms with van der Waals surface area (Å²) < 4.78 is 0. The lowest BCUT2D eigenvalue weighted by Crippen LogP contribution is -2.42. The summed E-state index contributed by atoms with van der Waals surface area (Å²) in [5.41, 5.74) is 1.73. The van der Waals surface area contributed by atoms with Crippen LogP contribution in [0.5, 0.6) is 0 Å². The smallest absolute Gasteiger partial charge is 0.0705 e. The first-order chi connectivity index (χ1) is 8.11. The number of para-hydroxylation sites is 1. The Labute approximate surface area is 102 Å². The van der Waals surface area contributed by atoms with Gasteiger partial charge in [0.05, 0.1) is 17.8 Å². The van der Waals surface area contributed by atoms with Crippen molar-refractivity contribution < 1.29 is 5.11 Å². The first-order valence-corrected chi connectivity index (χ1v) is 5.81. The Kier molecular flexibility index (Phi) is 3.41. The predicted octanol–water partition coefficient (Wildman–Crippen LogP) is 2.10. The van der Waals surface area contributed by atoms with Gasteiger partial charge in [-0.3, -0.25) is 4.98 Å². The highest BCUT2D eigenvalue weighted by molar-refractivity contribution is 5.78. The summed E-state index contributed by atoms with van der Waals surface area (Å²) in [5.74, 6) is 0. The van der Waals surface area contributed by atoms with Crippen molar-refractivity contribution in [3.63, 3.8) is 0 Å². The third-order valence-corrected chi connectivity index (χ3v) is 2.80. The van der Waals surface area contributed by atoms with E-state index in [1.54, 1.807) is 0 Å². The van der Waals surface area contributed by atoms with Crippen molar-refractivity contribution in [2.75, 3.05) is 6.61 Å². The molecule has 17 heavy (non-hydrogen) atoms. The van der Waals surface area contributed by atoms with Crippen LogP contribution in [-0.4, -0.2) is 22.2 Å². The van der Waals surface area contributed by atoms with Crippen molar-refractivity contribution >= 4 is 10.9 Å². The molecule has 2 aromatic rings. The molecule has 0 saturated heterocycles. The quantitative estimate of drug-likeness (QED) is 0.845. The second kappa shape index (κ2) is 4.82. The minimum Gasteiger partial charge on any atom is -0.394 e. The molecule has 0 aliphatic heterocycles. The molecule has 2 rings (SSSR count). The number of aliphatic hydroxyl groups excluding tert-OH is 1. The molecule has 0 radical (unpaired) electrons. The largest absolute Gasteiger partial charge is 0.394 e. The molecular weight excluding hydrogens is 212 g/mol. The van der Waals surface area contributed by atoms with Gasteiger partial charge in [0, 0.05) is 17.5 Å². The molecule has 0 unspecified atom stereocenters. The fourth-order valence-corrected chi connectivity index (χ4v) is 1.59. The minimum atomic E-state index is -0.271. The average Bonchev–Trinajstić information content (AvgIpc) is 2.36. The van der Waals surface area contributed by atoms with E-state index in [4.69, 9.17) is 5.11 Å². The number of hydrogen-bond donors (Lipinski definition) is 2. The zero-order chi connectivity index (χ0) is 12.3. The molecule has 1 aromatic carbocycles. The fraction of sp³-hybridized carbons (Fsp3) is 0.357. The van der Waals surface area contributed by atoms with Crippen molar-refractivity contribution in [1.29, 1.82) is 0 Å². The molecule has 3 heteroatoms. The summed E-state index contributed by atoms with van der Waals surface area (Å²) in [6, 6.07) is 12.2. The number of aromatic nitrogens is 1. The Morgan fingerprint density at radius 2 is 1.94 bits per heavy atom. The van der Waals surface area contributed by atoms with Crippen LogP contribution < -0.4 is 5.32 Å². The van der Waals surface area contributed by atoms with Gasteiger partial charge < -0.3 is 10.4 Å². The van der Waals surface area contributed by atoms with E-state index in [0.717, 1.165) is 16.6 Å². The Balaban J connectivity index is 2.14. The Morgan fingerprint density at radius 1 is 1.18 bits per heavy atom. The molecule has 0 fully saturated rings. The number of pyridine rings is 1. The molecule has 0 spiro atoms. The lowest BCUT2D eigenvalue weighted by molar-refractivity contribution is 0.187. The van der Waals surface area contributed by atoms with Crippen LogP contribution in [0.1, 0.15) is 19.5 Å². The third-order valence-electron chi connectivity index (χ3n) is 2.80. The normalized spacial score (nSPS) is 11.9. The number of fused-ring (bicyclic) bond motifs is 1. The van der Waals surface area contributed by atoms with Crippen LogP contribution in [-0.2, 0) is 6.54 Å². The Morgan fingerprint density at radius 3 is 2.71 bits per heavy atom. The van der Waals surface area contributed by atoms with Gasteiger partial charge in [-0.2, -0.15) is 0 Å². The molecule has 1 heterocycles. The van der Waals surface area contributed by atoms with Crippen molar-refractivity contribution in [3.05, 3.63) is 42.1 Å². The maximum atomic E-state index is 9.16. The molecule has 90 valence electrons. The zero-order valence-corrected chi connectivity index (χ0v) is 10.3. The fourth-order valence-electron chi connectivity index (χ4n) is 1.59. The summed E-state index contributed by atoms with van der Waals surface area (Å²) in [4.78, 5) is 4.57. The monoisotopic (exact) mass is 230 g/mol. The molecule has 0 atom stereocenters. The highest BCUT2D eigenvalue weighted by Crippen LogP contribution is 2.12. The summed E-state index contributed by atoms with van der Waals surface area (Å²) in [7, 11) is 0. The first kappa shape index (κ1) is 12.0. The Bertz CT molecular complexity index is 508. The second-order valence-electron chi connectivity index (χ2n) is 4.89. The summed E-state index contributed by atoms with van der Waals surface area (Å²) in [6.45, 7) is 4.71. The van der Waals surface area contributed by atoms with Crippen LogP contribution in [0.15, 0.2) is 36.4 Å². The van der Waals surface area contributed by atoms with E-state index in [2.05, 4.69) is 22.4 Å². The number of rotatable bonds is 4. The lowest BCUT2D eigenvalue weighted by atomic mass is 10.1. The van der Waals surface area contributed by atoms with Gasteiger partial charge in [0.15, 0.2) is 0 Å². The van der Waals surface area contributed by atoms with E-state index >= 15 is 0 Å². The molecule has 0 aliphatic carbocycles. The number of hydrogen-bond acceptors (Lipinski definition) is 3. The van der Waals surface area contributed by atoms with Gasteiger partial charge in [-0.1, -0.05) is 24.3 Å². The van der Waals surface area contributed by atoms with Crippen molar-refractivity contribution in [3.8, 4) is 0 Å². The van der Waals surface area contributed by atoms with Crippen LogP contribution in [0.3, 0.4) is 0 Å². The van der Waals surface area contributed by atoms with Gasteiger partial charge in [-0.25, -0.2) is 0 Å². The van der Waals surface area contributed by atoms with E-state index in [1.165, 1.54) is 0 Å². The summed E-state index contributed by atoms with van der Waals surface area (Å²) in [5, 5.41) is 13.6. The lowest BCUT2D eigenvalue weighted by Gasteiger charge is -2.23. The van der Waals surface area contributed by atoms with Crippen LogP contribution in [0, 0.1) is 0 Å². The van der Waals surface area contributed by atoms with E-state index in [-0.39, 0.29) is 12.1 Å². The summed E-state index contributed by atoms with van der Waals surface area (Å²) >= 11 is 0. The van der Waals surface area contributed by atoms with Crippen LogP contribution in [0.4, 0.5) is 0 Å². The third kappa shape index (κ3) is 3.02. The van der Waals surface area contributed by atoms with Gasteiger partial charge in [-0.15, -0.1) is 0 Å². The predicted molar refractivity (Wildman–Crippen MR) is 69.7 cm³/mol. The molecule has 3 nitrogen and oxygen atoms in total. The molecule has 0 amide bonds. The van der Waals surface area contributed by atoms with Gasteiger partial charge in [0.2, 0.25) is 0 Å². The SMILES string of the molecule is CC(C)(CO)NCc1ccc2ccccc2n1. The van der Waals surface area contributed by atoms with Crippen molar-refractivity contribution in [2.45, 2.75) is 25.9 Å². The van der Waals surface area contributed by atoms with Gasteiger partial charge in [0.25, 0.3) is 0 Å². The van der Waals surface area contributed by atoms with Crippen molar-refractivity contribution in [1.82, 2.24) is 10.3 Å². The highest BCUT2D eigenvalue weighted by atomic mass is 16.3. The Hall–Kier alpha value is -1.45. The molecule has 1 aromatic heterocycles. The van der Waals surface area contributed by atoms with E-state index < -0.39 is 0 Å². The standard InChI is InChI=1S/C14H18N2O/c1-14(2,10-17)15-9-12-8-7-11-5-3-4-6-13(11)16-12/h3-8,15,17H,9-10H2,1-2H3. The molecular formula is C14H18N2O. The van der Waals surface area contributed by atoms with E-state index in [1.807, 2.05) is 38.1 Å². The molecule has 0 saturated carbocycles. The van der Waals surface area contributed by atoms with Gasteiger partial charge in [-0.05, 0) is 26.0 Å². The van der Waals surface area contributed by atoms with E-state index in [0.29, 0.717) is 6.54 Å². The van der Waals surface area contributed by atoms with Gasteiger partial charge >= 0.3 is 0 Å². The van der Waals surface area contributed by atoms with Crippen LogP contribution >= 0.6 is 0 Å². The summed E-state index contributed by atoms with van der Waals surface area (Å²) in [6.07, 6.45) is 0. The van der Waals surface area contributed by atoms with Crippen LogP contribution in [0.2, 0.25) is 0 Å². The highest BCUT2D eigenvalue weighted by Gasteiger charge is 2.14. The first-order valence-electron chi connectivity index (χ1n) is 5.81. The van der Waals surface area contributed by atoms with Gasteiger partial charge in [0.1, 0.15) is 0 Å². The molecule has 0 aliphatic rings. The maximum Gasteiger partial charge on any atom is 0.0705 e. The van der Waals surface area contributed by atoms with E-state index in [9.17, 15) is 0 Å². The zero-order valence-electron chi connectivity index (χ0n) is 10.3. The number of aliphatic hydroxyl groups is 1.